The van der Waals surface area contributed by atoms with E-state index in [-0.39, 0.29) is 6.54 Å². The van der Waals surface area contributed by atoms with Gasteiger partial charge in [0.25, 0.3) is 0 Å². The van der Waals surface area contributed by atoms with Gasteiger partial charge in [0.15, 0.2) is 5.82 Å². The molecule has 1 aromatic carbocycles. The molecule has 0 spiro atoms. The van der Waals surface area contributed by atoms with Crippen LogP contribution in [0.15, 0.2) is 36.7 Å². The van der Waals surface area contributed by atoms with Gasteiger partial charge in [0.05, 0.1) is 18.8 Å². The molecule has 2 N–H and O–H groups in total. The van der Waals surface area contributed by atoms with Crippen molar-refractivity contribution in [2.45, 2.75) is 13.1 Å². The Morgan fingerprint density at radius 3 is 2.65 bits per heavy atom. The van der Waals surface area contributed by atoms with Crippen LogP contribution in [0.1, 0.15) is 17.6 Å². The van der Waals surface area contributed by atoms with Gasteiger partial charge in [0, 0.05) is 54.7 Å². The van der Waals surface area contributed by atoms with Crippen LogP contribution in [0.3, 0.4) is 0 Å². The highest BCUT2D eigenvalue weighted by atomic mass is 35.5. The van der Waals surface area contributed by atoms with Gasteiger partial charge in [0.1, 0.15) is 23.6 Å². The van der Waals surface area contributed by atoms with Gasteiger partial charge < -0.3 is 20.1 Å². The third-order valence-corrected chi connectivity index (χ3v) is 5.01. The monoisotopic (exact) mass is 444 g/mol. The van der Waals surface area contributed by atoms with Crippen molar-refractivity contribution in [2.24, 2.45) is 5.73 Å². The van der Waals surface area contributed by atoms with Crippen molar-refractivity contribution in [3.8, 4) is 23.0 Å². The standard InChI is InChI=1S/C21H22ClFN6O2/c1-13-27-19(29-4-6-30-7-5-29)9-20(28-13)31-18-8-15(22)2-3-16(18)21-25-11-14(12-26-21)17(23)10-24/h2-3,8-9,11-12,17H,4-7,10,24H2,1H3/t17-/m1/s1. The third-order valence-electron chi connectivity index (χ3n) is 4.78. The summed E-state index contributed by atoms with van der Waals surface area (Å²) in [7, 11) is 0. The maximum Gasteiger partial charge on any atom is 0.224 e. The number of nitrogens with two attached hydrogens (primary N) is 1. The lowest BCUT2D eigenvalue weighted by Crippen LogP contribution is -2.36. The summed E-state index contributed by atoms with van der Waals surface area (Å²) in [6.45, 7) is 4.47. The molecular weight excluding hydrogens is 423 g/mol. The van der Waals surface area contributed by atoms with Gasteiger partial charge in [-0.3, -0.25) is 0 Å². The predicted octanol–water partition coefficient (Wildman–Crippen LogP) is 3.49. The Morgan fingerprint density at radius 2 is 1.94 bits per heavy atom. The highest BCUT2D eigenvalue weighted by Crippen LogP contribution is 2.34. The summed E-state index contributed by atoms with van der Waals surface area (Å²) in [5, 5.41) is 0.488. The van der Waals surface area contributed by atoms with E-state index in [1.54, 1.807) is 24.3 Å². The highest BCUT2D eigenvalue weighted by molar-refractivity contribution is 6.30. The molecule has 31 heavy (non-hydrogen) atoms. The molecule has 4 rings (SSSR count). The molecule has 1 aliphatic rings. The van der Waals surface area contributed by atoms with E-state index in [1.807, 2.05) is 6.92 Å². The molecule has 0 unspecified atom stereocenters. The van der Waals surface area contributed by atoms with Crippen molar-refractivity contribution in [1.29, 1.82) is 0 Å². The van der Waals surface area contributed by atoms with Crippen LogP contribution in [0.4, 0.5) is 10.2 Å². The molecular formula is C21H22ClFN6O2. The number of rotatable bonds is 6. The van der Waals surface area contributed by atoms with E-state index in [0.717, 1.165) is 18.9 Å². The maximum atomic E-state index is 13.8. The van der Waals surface area contributed by atoms with Crippen LogP contribution in [0.25, 0.3) is 11.4 Å². The fourth-order valence-electron chi connectivity index (χ4n) is 3.18. The zero-order chi connectivity index (χ0) is 21.8. The molecule has 0 radical (unpaired) electrons. The Hall–Kier alpha value is -2.88. The first kappa shape index (κ1) is 21.4. The Kier molecular flexibility index (Phi) is 6.55. The van der Waals surface area contributed by atoms with E-state index in [0.29, 0.717) is 52.6 Å². The number of hydrogen-bond acceptors (Lipinski definition) is 8. The van der Waals surface area contributed by atoms with Gasteiger partial charge in [-0.2, -0.15) is 4.98 Å². The second-order valence-corrected chi connectivity index (χ2v) is 7.43. The van der Waals surface area contributed by atoms with Gasteiger partial charge in [-0.15, -0.1) is 0 Å². The van der Waals surface area contributed by atoms with Crippen LogP contribution in [0, 0.1) is 6.92 Å². The number of ether oxygens (including phenoxy) is 2. The van der Waals surface area contributed by atoms with Crippen LogP contribution in [0.5, 0.6) is 11.6 Å². The molecule has 1 fully saturated rings. The first-order valence-electron chi connectivity index (χ1n) is 9.85. The number of benzene rings is 1. The summed E-state index contributed by atoms with van der Waals surface area (Å²) in [6.07, 6.45) is 1.53. The second-order valence-electron chi connectivity index (χ2n) is 7.00. The summed E-state index contributed by atoms with van der Waals surface area (Å²) in [6, 6.07) is 6.91. The van der Waals surface area contributed by atoms with Gasteiger partial charge in [0.2, 0.25) is 5.88 Å². The minimum absolute atomic E-state index is 0.128. The fourth-order valence-corrected chi connectivity index (χ4v) is 3.35. The van der Waals surface area contributed by atoms with Crippen molar-refractivity contribution < 1.29 is 13.9 Å². The molecule has 0 saturated carbocycles. The Balaban J connectivity index is 1.65. The van der Waals surface area contributed by atoms with E-state index in [2.05, 4.69) is 24.8 Å². The van der Waals surface area contributed by atoms with Crippen molar-refractivity contribution in [3.05, 3.63) is 53.1 Å². The van der Waals surface area contributed by atoms with E-state index in [4.69, 9.17) is 26.8 Å². The number of aryl methyl sites for hydroxylation is 1. The number of anilines is 1. The molecule has 8 nitrogen and oxygen atoms in total. The second kappa shape index (κ2) is 9.51. The molecule has 3 aromatic rings. The van der Waals surface area contributed by atoms with Crippen LogP contribution < -0.4 is 15.4 Å². The average molecular weight is 445 g/mol. The van der Waals surface area contributed by atoms with E-state index < -0.39 is 6.17 Å². The minimum atomic E-state index is -1.31. The number of hydrogen-bond donors (Lipinski definition) is 1. The summed E-state index contributed by atoms with van der Waals surface area (Å²) in [5.41, 5.74) is 6.29. The number of alkyl halides is 1. The maximum absolute atomic E-state index is 13.8. The Morgan fingerprint density at radius 1 is 1.19 bits per heavy atom. The normalized spacial score (nSPS) is 15.0. The molecule has 1 atom stereocenters. The predicted molar refractivity (Wildman–Crippen MR) is 115 cm³/mol. The molecule has 1 saturated heterocycles. The molecule has 162 valence electrons. The number of aromatic nitrogens is 4. The fraction of sp³-hybridized carbons (Fsp3) is 0.333. The molecule has 3 heterocycles. The lowest BCUT2D eigenvalue weighted by molar-refractivity contribution is 0.122. The molecule has 2 aromatic heterocycles. The molecule has 0 amide bonds. The Labute approximate surface area is 184 Å². The molecule has 10 heteroatoms. The van der Waals surface area contributed by atoms with E-state index in [9.17, 15) is 4.39 Å². The van der Waals surface area contributed by atoms with Gasteiger partial charge in [-0.05, 0) is 19.1 Å². The quantitative estimate of drug-likeness (QED) is 0.616. The summed E-state index contributed by atoms with van der Waals surface area (Å²) in [5.74, 6) is 2.53. The minimum Gasteiger partial charge on any atom is -0.438 e. The van der Waals surface area contributed by atoms with Gasteiger partial charge >= 0.3 is 0 Å². The smallest absolute Gasteiger partial charge is 0.224 e. The molecule has 0 aliphatic carbocycles. The largest absolute Gasteiger partial charge is 0.438 e. The summed E-state index contributed by atoms with van der Waals surface area (Å²) >= 11 is 6.20. The van der Waals surface area contributed by atoms with Crippen LogP contribution in [-0.4, -0.2) is 52.8 Å². The number of morpholine rings is 1. The van der Waals surface area contributed by atoms with Crippen molar-refractivity contribution >= 4 is 17.4 Å². The highest BCUT2D eigenvalue weighted by Gasteiger charge is 2.17. The molecule has 1 aliphatic heterocycles. The molecule has 0 bridgehead atoms. The first-order valence-corrected chi connectivity index (χ1v) is 10.2. The van der Waals surface area contributed by atoms with E-state index in [1.165, 1.54) is 12.4 Å². The lowest BCUT2D eigenvalue weighted by atomic mass is 10.1. The van der Waals surface area contributed by atoms with Crippen molar-refractivity contribution in [3.63, 3.8) is 0 Å². The zero-order valence-corrected chi connectivity index (χ0v) is 17.7. The number of halogens is 2. The van der Waals surface area contributed by atoms with Crippen molar-refractivity contribution in [1.82, 2.24) is 19.9 Å². The summed E-state index contributed by atoms with van der Waals surface area (Å²) < 4.78 is 25.3. The first-order chi connectivity index (χ1) is 15.0. The lowest BCUT2D eigenvalue weighted by Gasteiger charge is -2.28. The zero-order valence-electron chi connectivity index (χ0n) is 17.0. The van der Waals surface area contributed by atoms with Gasteiger partial charge in [-0.25, -0.2) is 19.3 Å². The van der Waals surface area contributed by atoms with Crippen LogP contribution in [0.2, 0.25) is 5.02 Å². The van der Waals surface area contributed by atoms with Crippen LogP contribution in [-0.2, 0) is 4.74 Å². The summed E-state index contributed by atoms with van der Waals surface area (Å²) in [4.78, 5) is 19.6. The average Bonchev–Trinajstić information content (AvgIpc) is 2.79. The third kappa shape index (κ3) is 5.07. The van der Waals surface area contributed by atoms with Crippen molar-refractivity contribution in [2.75, 3.05) is 37.7 Å². The topological polar surface area (TPSA) is 99.3 Å². The van der Waals surface area contributed by atoms with Gasteiger partial charge in [-0.1, -0.05) is 11.6 Å². The SMILES string of the molecule is Cc1nc(Oc2cc(Cl)ccc2-c2ncc([C@H](F)CN)cn2)cc(N2CCOCC2)n1. The number of nitrogens with zero attached hydrogens (tertiary/aromatic N) is 5. The Bertz CT molecular complexity index is 1050. The van der Waals surface area contributed by atoms with Crippen LogP contribution >= 0.6 is 11.6 Å². The van der Waals surface area contributed by atoms with E-state index >= 15 is 0 Å².